The van der Waals surface area contributed by atoms with Crippen LogP contribution in [0.5, 0.6) is 5.75 Å². The van der Waals surface area contributed by atoms with E-state index in [1.165, 1.54) is 13.3 Å². The summed E-state index contributed by atoms with van der Waals surface area (Å²) >= 11 is 0. The molecule has 0 saturated heterocycles. The molecule has 3 atom stereocenters. The van der Waals surface area contributed by atoms with Crippen LogP contribution in [0.15, 0.2) is 52.8 Å². The summed E-state index contributed by atoms with van der Waals surface area (Å²) in [6.07, 6.45) is 6.81. The second kappa shape index (κ2) is 17.6. The van der Waals surface area contributed by atoms with Gasteiger partial charge in [-0.2, -0.15) is 10.4 Å². The van der Waals surface area contributed by atoms with Crippen LogP contribution in [-0.4, -0.2) is 37.2 Å². The van der Waals surface area contributed by atoms with Crippen molar-refractivity contribution in [3.05, 3.63) is 48.3 Å². The van der Waals surface area contributed by atoms with Gasteiger partial charge in [0.2, 0.25) is 0 Å². The van der Waals surface area contributed by atoms with Crippen molar-refractivity contribution in [1.29, 1.82) is 5.26 Å². The van der Waals surface area contributed by atoms with Crippen LogP contribution in [0.3, 0.4) is 0 Å². The lowest BCUT2D eigenvalue weighted by molar-refractivity contribution is -0.190. The Morgan fingerprint density at radius 2 is 1.31 bits per heavy atom. The van der Waals surface area contributed by atoms with Gasteiger partial charge >= 0.3 is 11.9 Å². The molecule has 51 heavy (non-hydrogen) atoms. The number of methoxy groups -OCH3 is 1. The van der Waals surface area contributed by atoms with Crippen molar-refractivity contribution in [1.82, 2.24) is 4.98 Å². The highest BCUT2D eigenvalue weighted by Crippen LogP contribution is 2.66. The van der Waals surface area contributed by atoms with Crippen molar-refractivity contribution >= 4 is 23.3 Å². The molecule has 0 saturated carbocycles. The zero-order valence-corrected chi connectivity index (χ0v) is 33.7. The molecule has 9 nitrogen and oxygen atoms in total. The summed E-state index contributed by atoms with van der Waals surface area (Å²) in [6, 6.07) is 12.4. The van der Waals surface area contributed by atoms with Gasteiger partial charge in [0.1, 0.15) is 36.4 Å². The van der Waals surface area contributed by atoms with Crippen molar-refractivity contribution in [2.24, 2.45) is 42.7 Å². The first-order valence-corrected chi connectivity index (χ1v) is 18.6. The molecule has 0 amide bonds. The third kappa shape index (κ3) is 9.36. The Balaban J connectivity index is 2.31. The number of carbonyl (C=O) groups is 2. The lowest BCUT2D eigenvalue weighted by Gasteiger charge is -2.61. The van der Waals surface area contributed by atoms with Gasteiger partial charge in [0.25, 0.3) is 0 Å². The Kier molecular flexibility index (Phi) is 15.0. The molecule has 0 N–H and O–H groups in total. The maximum atomic E-state index is 14.4. The van der Waals surface area contributed by atoms with Gasteiger partial charge in [-0.15, -0.1) is 5.11 Å². The van der Waals surface area contributed by atoms with Crippen LogP contribution >= 0.6 is 0 Å². The van der Waals surface area contributed by atoms with E-state index in [1.54, 1.807) is 36.4 Å². The molecule has 0 spiro atoms. The second-order valence-corrected chi connectivity index (χ2v) is 16.2. The molecular formula is C42H64N4O5. The molecule has 0 bridgehead atoms. The standard InChI is InChI=1S/C42H64N4O5/c1-14-37(6,7)29-41(12,35(47)49-13)42(17-4,18-5)39(10,16-3)30-40(11,38(8,9)15-2)36(48)51-26-25-50-34-23-21-31(22-24-34)45-46-33-20-19-32(27-43)44-28-33/h19-24,28H,14-18,25-26,29-30H2,1-13H3/b46-45+. The van der Waals surface area contributed by atoms with Gasteiger partial charge in [0.05, 0.1) is 29.8 Å². The van der Waals surface area contributed by atoms with E-state index in [0.29, 0.717) is 35.7 Å². The third-order valence-corrected chi connectivity index (χ3v) is 12.8. The van der Waals surface area contributed by atoms with E-state index in [9.17, 15) is 9.59 Å². The molecule has 282 valence electrons. The maximum Gasteiger partial charge on any atom is 0.312 e. The minimum absolute atomic E-state index is 0.0770. The quantitative estimate of drug-likeness (QED) is 0.0763. The first-order chi connectivity index (χ1) is 23.8. The number of benzene rings is 1. The molecule has 3 unspecified atom stereocenters. The summed E-state index contributed by atoms with van der Waals surface area (Å²) in [5, 5.41) is 17.3. The van der Waals surface area contributed by atoms with Gasteiger partial charge in [0.15, 0.2) is 0 Å². The molecule has 0 aliphatic carbocycles. The lowest BCUT2D eigenvalue weighted by atomic mass is 9.42. The van der Waals surface area contributed by atoms with E-state index < -0.39 is 27.1 Å². The van der Waals surface area contributed by atoms with Gasteiger partial charge in [-0.05, 0) is 104 Å². The third-order valence-electron chi connectivity index (χ3n) is 12.8. The Bertz CT molecular complexity index is 1510. The number of esters is 2. The average molecular weight is 705 g/mol. The number of nitriles is 1. The number of carbonyl (C=O) groups excluding carboxylic acids is 2. The van der Waals surface area contributed by atoms with Gasteiger partial charge in [-0.3, -0.25) is 9.59 Å². The fraction of sp³-hybridized carbons (Fsp3) is 0.667. The Morgan fingerprint density at radius 3 is 1.78 bits per heavy atom. The summed E-state index contributed by atoms with van der Waals surface area (Å²) in [4.78, 5) is 32.3. The summed E-state index contributed by atoms with van der Waals surface area (Å²) in [6.45, 7) is 26.4. The number of hydrogen-bond acceptors (Lipinski definition) is 9. The zero-order chi connectivity index (χ0) is 38.7. The van der Waals surface area contributed by atoms with Crippen molar-refractivity contribution in [3.8, 4) is 11.8 Å². The molecule has 0 fully saturated rings. The molecule has 0 aliphatic heterocycles. The second-order valence-electron chi connectivity index (χ2n) is 16.2. The van der Waals surface area contributed by atoms with Gasteiger partial charge in [-0.1, -0.05) is 82.1 Å². The molecule has 2 aromatic rings. The molecule has 1 aromatic carbocycles. The molecule has 0 aliphatic rings. The normalized spacial score (nSPS) is 16.0. The topological polar surface area (TPSA) is 123 Å². The fourth-order valence-electron chi connectivity index (χ4n) is 8.37. The summed E-state index contributed by atoms with van der Waals surface area (Å²) in [5.41, 5.74) is -1.46. The lowest BCUT2D eigenvalue weighted by Crippen LogP contribution is -2.59. The van der Waals surface area contributed by atoms with Crippen molar-refractivity contribution < 1.29 is 23.8 Å². The largest absolute Gasteiger partial charge is 0.490 e. The maximum absolute atomic E-state index is 14.4. The van der Waals surface area contributed by atoms with Crippen LogP contribution in [0.4, 0.5) is 11.4 Å². The summed E-state index contributed by atoms with van der Waals surface area (Å²) < 4.78 is 17.6. The Labute approximate surface area is 308 Å². The van der Waals surface area contributed by atoms with E-state index in [-0.39, 0.29) is 30.6 Å². The molecule has 9 heteroatoms. The van der Waals surface area contributed by atoms with Crippen LogP contribution in [-0.2, 0) is 19.1 Å². The fourth-order valence-corrected chi connectivity index (χ4v) is 8.37. The summed E-state index contributed by atoms with van der Waals surface area (Å²) in [5.74, 6) is 0.191. The number of hydrogen-bond donors (Lipinski definition) is 0. The monoisotopic (exact) mass is 704 g/mol. The SMILES string of the molecule is CCC(C)(C)CC(C)(C(=O)OC)C(CC)(CC)C(C)(CC)CC(C)(C(=O)OCCOc1ccc(/N=N/c2ccc(C#N)nc2)cc1)C(C)(C)CC. The van der Waals surface area contributed by atoms with Gasteiger partial charge < -0.3 is 14.2 Å². The highest BCUT2D eigenvalue weighted by atomic mass is 16.6. The van der Waals surface area contributed by atoms with Crippen LogP contribution in [0.25, 0.3) is 0 Å². The number of nitrogens with zero attached hydrogens (tertiary/aromatic N) is 4. The van der Waals surface area contributed by atoms with E-state index in [2.05, 4.69) is 98.3 Å². The minimum atomic E-state index is -0.851. The highest BCUT2D eigenvalue weighted by molar-refractivity contribution is 5.79. The molecule has 1 heterocycles. The van der Waals surface area contributed by atoms with Gasteiger partial charge in [-0.25, -0.2) is 4.98 Å². The van der Waals surface area contributed by atoms with E-state index >= 15 is 0 Å². The van der Waals surface area contributed by atoms with Gasteiger partial charge in [0, 0.05) is 0 Å². The van der Waals surface area contributed by atoms with Crippen LogP contribution < -0.4 is 4.74 Å². The average Bonchev–Trinajstić information content (AvgIpc) is 3.12. The Morgan fingerprint density at radius 1 is 0.725 bits per heavy atom. The molecule has 2 rings (SSSR count). The molecule has 1 aromatic heterocycles. The van der Waals surface area contributed by atoms with Crippen molar-refractivity contribution in [2.75, 3.05) is 20.3 Å². The summed E-state index contributed by atoms with van der Waals surface area (Å²) in [7, 11) is 1.50. The van der Waals surface area contributed by atoms with Crippen molar-refractivity contribution in [3.63, 3.8) is 0 Å². The molecule has 0 radical (unpaired) electrons. The molecular weight excluding hydrogens is 640 g/mol. The first-order valence-electron chi connectivity index (χ1n) is 18.6. The zero-order valence-electron chi connectivity index (χ0n) is 33.7. The van der Waals surface area contributed by atoms with E-state index in [1.807, 2.05) is 6.07 Å². The number of pyridine rings is 1. The predicted molar refractivity (Wildman–Crippen MR) is 203 cm³/mol. The van der Waals surface area contributed by atoms with Crippen LogP contribution in [0.2, 0.25) is 0 Å². The number of rotatable bonds is 20. The van der Waals surface area contributed by atoms with Crippen molar-refractivity contribution in [2.45, 2.75) is 128 Å². The van der Waals surface area contributed by atoms with Crippen LogP contribution in [0, 0.1) is 43.8 Å². The number of ether oxygens (including phenoxy) is 3. The van der Waals surface area contributed by atoms with E-state index in [4.69, 9.17) is 19.5 Å². The Hall–Kier alpha value is -3.80. The first kappa shape index (κ1) is 43.4. The minimum Gasteiger partial charge on any atom is -0.490 e. The smallest absolute Gasteiger partial charge is 0.312 e. The predicted octanol–water partition coefficient (Wildman–Crippen LogP) is 11.4. The number of azo groups is 1. The van der Waals surface area contributed by atoms with E-state index in [0.717, 1.165) is 32.1 Å². The number of aromatic nitrogens is 1. The highest BCUT2D eigenvalue weighted by Gasteiger charge is 2.64. The van der Waals surface area contributed by atoms with Crippen LogP contribution in [0.1, 0.15) is 134 Å².